The predicted octanol–water partition coefficient (Wildman–Crippen LogP) is 3.02. The third-order valence-electron chi connectivity index (χ3n) is 3.82. The van der Waals surface area contributed by atoms with Gasteiger partial charge in [-0.2, -0.15) is 0 Å². The molecule has 16 heavy (non-hydrogen) atoms. The van der Waals surface area contributed by atoms with Gasteiger partial charge in [-0.3, -0.25) is 0 Å². The lowest BCUT2D eigenvalue weighted by Gasteiger charge is -2.19. The van der Waals surface area contributed by atoms with Gasteiger partial charge in [0.05, 0.1) is 0 Å². The van der Waals surface area contributed by atoms with Crippen molar-refractivity contribution >= 4 is 0 Å². The zero-order valence-corrected chi connectivity index (χ0v) is 11.1. The highest BCUT2D eigenvalue weighted by Gasteiger charge is 2.15. The van der Waals surface area contributed by atoms with Crippen LogP contribution in [-0.2, 0) is 0 Å². The van der Waals surface area contributed by atoms with Gasteiger partial charge >= 0.3 is 0 Å². The number of hydrogen-bond donors (Lipinski definition) is 1. The van der Waals surface area contributed by atoms with Crippen molar-refractivity contribution in [2.75, 3.05) is 26.2 Å². The normalized spacial score (nSPS) is 23.2. The summed E-state index contributed by atoms with van der Waals surface area (Å²) in [6, 6.07) is 0. The van der Waals surface area contributed by atoms with E-state index in [9.17, 15) is 0 Å². The molecule has 96 valence electrons. The molecule has 0 amide bonds. The molecule has 1 fully saturated rings. The first-order valence-corrected chi connectivity index (χ1v) is 7.29. The summed E-state index contributed by atoms with van der Waals surface area (Å²) in [5.41, 5.74) is 5.51. The Bertz CT molecular complexity index is 159. The quantitative estimate of drug-likeness (QED) is 0.676. The molecule has 1 aliphatic rings. The number of unbranched alkanes of at least 4 members (excludes halogenated alkanes) is 2. The van der Waals surface area contributed by atoms with Gasteiger partial charge in [-0.15, -0.1) is 0 Å². The number of nitrogens with zero attached hydrogens (tertiary/aromatic N) is 1. The topological polar surface area (TPSA) is 29.3 Å². The van der Waals surface area contributed by atoms with Gasteiger partial charge < -0.3 is 10.6 Å². The molecular formula is C14H30N2. The molecule has 1 atom stereocenters. The van der Waals surface area contributed by atoms with Crippen molar-refractivity contribution in [2.24, 2.45) is 11.7 Å². The maximum atomic E-state index is 5.51. The molecule has 1 aliphatic heterocycles. The Morgan fingerprint density at radius 2 is 2.00 bits per heavy atom. The number of rotatable bonds is 7. The van der Waals surface area contributed by atoms with Crippen molar-refractivity contribution in [3.63, 3.8) is 0 Å². The summed E-state index contributed by atoms with van der Waals surface area (Å²) in [6.45, 7) is 7.16. The van der Waals surface area contributed by atoms with E-state index >= 15 is 0 Å². The van der Waals surface area contributed by atoms with Crippen molar-refractivity contribution in [3.8, 4) is 0 Å². The Labute approximate surface area is 102 Å². The molecule has 0 saturated carbocycles. The minimum atomic E-state index is 0.860. The molecule has 1 unspecified atom stereocenters. The average Bonchev–Trinajstić information content (AvgIpc) is 2.51. The van der Waals surface area contributed by atoms with E-state index in [2.05, 4.69) is 11.8 Å². The Morgan fingerprint density at radius 3 is 2.75 bits per heavy atom. The van der Waals surface area contributed by atoms with Gasteiger partial charge in [0.1, 0.15) is 0 Å². The zero-order chi connectivity index (χ0) is 11.6. The maximum Gasteiger partial charge on any atom is -0.00161 e. The van der Waals surface area contributed by atoms with Gasteiger partial charge in [0.25, 0.3) is 0 Å². The molecule has 1 saturated heterocycles. The Morgan fingerprint density at radius 1 is 1.12 bits per heavy atom. The van der Waals surface area contributed by atoms with Gasteiger partial charge in [-0.05, 0) is 64.2 Å². The van der Waals surface area contributed by atoms with E-state index in [1.165, 1.54) is 71.0 Å². The minimum Gasteiger partial charge on any atom is -0.330 e. The summed E-state index contributed by atoms with van der Waals surface area (Å²) in [5, 5.41) is 0. The summed E-state index contributed by atoms with van der Waals surface area (Å²) in [4.78, 5) is 2.67. The summed E-state index contributed by atoms with van der Waals surface area (Å²) >= 11 is 0. The fourth-order valence-corrected chi connectivity index (χ4v) is 2.80. The van der Waals surface area contributed by atoms with E-state index in [0.29, 0.717) is 0 Å². The van der Waals surface area contributed by atoms with Crippen LogP contribution in [0.25, 0.3) is 0 Å². The van der Waals surface area contributed by atoms with Crippen molar-refractivity contribution < 1.29 is 0 Å². The van der Waals surface area contributed by atoms with E-state index in [1.54, 1.807) is 0 Å². The van der Waals surface area contributed by atoms with E-state index in [-0.39, 0.29) is 0 Å². The van der Waals surface area contributed by atoms with Crippen LogP contribution in [0.5, 0.6) is 0 Å². The number of hydrogen-bond acceptors (Lipinski definition) is 2. The van der Waals surface area contributed by atoms with Crippen LogP contribution in [0.3, 0.4) is 0 Å². The monoisotopic (exact) mass is 226 g/mol. The van der Waals surface area contributed by atoms with Crippen molar-refractivity contribution in [3.05, 3.63) is 0 Å². The third-order valence-corrected chi connectivity index (χ3v) is 3.82. The lowest BCUT2D eigenvalue weighted by atomic mass is 9.96. The second-order valence-corrected chi connectivity index (χ2v) is 5.28. The summed E-state index contributed by atoms with van der Waals surface area (Å²) < 4.78 is 0. The van der Waals surface area contributed by atoms with Crippen molar-refractivity contribution in [1.29, 1.82) is 0 Å². The van der Waals surface area contributed by atoms with E-state index in [4.69, 9.17) is 5.73 Å². The molecule has 0 bridgehead atoms. The van der Waals surface area contributed by atoms with Gasteiger partial charge in [-0.25, -0.2) is 0 Å². The molecule has 2 heteroatoms. The third kappa shape index (κ3) is 5.86. The summed E-state index contributed by atoms with van der Waals surface area (Å²) in [7, 11) is 0. The van der Waals surface area contributed by atoms with Crippen molar-refractivity contribution in [1.82, 2.24) is 4.90 Å². The minimum absolute atomic E-state index is 0.860. The Balaban J connectivity index is 2.10. The van der Waals surface area contributed by atoms with Gasteiger partial charge in [0, 0.05) is 0 Å². The highest BCUT2D eigenvalue weighted by molar-refractivity contribution is 4.69. The SMILES string of the molecule is CCCC1CCCN(CCCCCN)CC1. The van der Waals surface area contributed by atoms with Crippen LogP contribution in [0.1, 0.15) is 58.3 Å². The fraction of sp³-hybridized carbons (Fsp3) is 1.00. The highest BCUT2D eigenvalue weighted by atomic mass is 15.1. The molecule has 0 aromatic rings. The number of nitrogens with two attached hydrogens (primary N) is 1. The van der Waals surface area contributed by atoms with E-state index in [0.717, 1.165) is 12.5 Å². The molecule has 0 spiro atoms. The predicted molar refractivity (Wildman–Crippen MR) is 71.6 cm³/mol. The Hall–Kier alpha value is -0.0800. The van der Waals surface area contributed by atoms with Crippen LogP contribution in [-0.4, -0.2) is 31.1 Å². The molecule has 2 N–H and O–H groups in total. The zero-order valence-electron chi connectivity index (χ0n) is 11.1. The molecule has 0 aromatic carbocycles. The maximum absolute atomic E-state index is 5.51. The lowest BCUT2D eigenvalue weighted by Crippen LogP contribution is -2.26. The lowest BCUT2D eigenvalue weighted by molar-refractivity contribution is 0.273. The van der Waals surface area contributed by atoms with Crippen LogP contribution in [0.4, 0.5) is 0 Å². The second-order valence-electron chi connectivity index (χ2n) is 5.28. The first-order valence-electron chi connectivity index (χ1n) is 7.29. The second kappa shape index (κ2) is 9.00. The van der Waals surface area contributed by atoms with Gasteiger partial charge in [0.15, 0.2) is 0 Å². The smallest absolute Gasteiger partial charge is 0.00161 e. The van der Waals surface area contributed by atoms with Gasteiger partial charge in [-0.1, -0.05) is 26.2 Å². The van der Waals surface area contributed by atoms with Crippen LogP contribution in [0.2, 0.25) is 0 Å². The summed E-state index contributed by atoms with van der Waals surface area (Å²) in [6.07, 6.45) is 11.0. The van der Waals surface area contributed by atoms with Crippen LogP contribution >= 0.6 is 0 Å². The fourth-order valence-electron chi connectivity index (χ4n) is 2.80. The average molecular weight is 226 g/mol. The number of likely N-dealkylation sites (tertiary alicyclic amines) is 1. The first-order chi connectivity index (χ1) is 7.86. The molecular weight excluding hydrogens is 196 g/mol. The van der Waals surface area contributed by atoms with Gasteiger partial charge in [0.2, 0.25) is 0 Å². The van der Waals surface area contributed by atoms with Crippen molar-refractivity contribution in [2.45, 2.75) is 58.3 Å². The molecule has 1 heterocycles. The van der Waals surface area contributed by atoms with Crippen LogP contribution in [0.15, 0.2) is 0 Å². The van der Waals surface area contributed by atoms with Crippen LogP contribution < -0.4 is 5.73 Å². The van der Waals surface area contributed by atoms with Crippen LogP contribution in [0, 0.1) is 5.92 Å². The van der Waals surface area contributed by atoms with E-state index < -0.39 is 0 Å². The molecule has 0 aliphatic carbocycles. The first kappa shape index (κ1) is 14.0. The molecule has 0 aromatic heterocycles. The molecule has 2 nitrogen and oxygen atoms in total. The molecule has 0 radical (unpaired) electrons. The largest absolute Gasteiger partial charge is 0.330 e. The van der Waals surface area contributed by atoms with E-state index in [1.807, 2.05) is 0 Å². The summed E-state index contributed by atoms with van der Waals surface area (Å²) in [5.74, 6) is 1.01. The highest BCUT2D eigenvalue weighted by Crippen LogP contribution is 2.21. The molecule has 1 rings (SSSR count). The standard InChI is InChI=1S/C14H30N2/c1-2-7-14-8-6-12-16(13-9-14)11-5-3-4-10-15/h14H,2-13,15H2,1H3. The Kier molecular flexibility index (Phi) is 7.87.